The SMILES string of the molecule is O=[N+]([O-])C(OS(=O)(=O)C(F)(F)F)c1ccccc1. The standard InChI is InChI=1S/C8H6F3NO5S/c9-8(10,11)18(15,16)17-7(12(13)14)6-4-2-1-3-5-6/h1-5,7H. The molecule has 0 aliphatic rings. The monoisotopic (exact) mass is 285 g/mol. The van der Waals surface area contributed by atoms with Gasteiger partial charge in [0.15, 0.2) is 0 Å². The molecule has 1 atom stereocenters. The summed E-state index contributed by atoms with van der Waals surface area (Å²) in [6, 6.07) is 6.22. The molecule has 0 spiro atoms. The van der Waals surface area contributed by atoms with E-state index in [4.69, 9.17) is 0 Å². The van der Waals surface area contributed by atoms with Gasteiger partial charge >= 0.3 is 21.9 Å². The highest BCUT2D eigenvalue weighted by Crippen LogP contribution is 2.30. The van der Waals surface area contributed by atoms with Crippen LogP contribution in [0.15, 0.2) is 30.3 Å². The largest absolute Gasteiger partial charge is 0.523 e. The topological polar surface area (TPSA) is 86.5 Å². The number of hydrogen-bond donors (Lipinski definition) is 0. The van der Waals surface area contributed by atoms with Crippen LogP contribution in [-0.4, -0.2) is 18.8 Å². The zero-order chi connectivity index (χ0) is 14.0. The Morgan fingerprint density at radius 2 is 1.72 bits per heavy atom. The summed E-state index contributed by atoms with van der Waals surface area (Å²) in [5, 5.41) is 10.6. The third-order valence-electron chi connectivity index (χ3n) is 1.78. The fraction of sp³-hybridized carbons (Fsp3) is 0.250. The molecule has 0 amide bonds. The van der Waals surface area contributed by atoms with Crippen molar-refractivity contribution in [3.63, 3.8) is 0 Å². The van der Waals surface area contributed by atoms with Gasteiger partial charge in [-0.25, -0.2) is 0 Å². The van der Waals surface area contributed by atoms with Crippen LogP contribution >= 0.6 is 0 Å². The summed E-state index contributed by atoms with van der Waals surface area (Å²) in [5.74, 6) is 0. The summed E-state index contributed by atoms with van der Waals surface area (Å²) in [7, 11) is -6.03. The van der Waals surface area contributed by atoms with Gasteiger partial charge in [0.05, 0.1) is 10.5 Å². The summed E-state index contributed by atoms with van der Waals surface area (Å²) in [6.07, 6.45) is -2.43. The molecule has 0 radical (unpaired) electrons. The van der Waals surface area contributed by atoms with Gasteiger partial charge in [0.25, 0.3) is 0 Å². The van der Waals surface area contributed by atoms with Crippen LogP contribution in [0.4, 0.5) is 13.2 Å². The predicted octanol–water partition coefficient (Wildman–Crippen LogP) is 1.83. The van der Waals surface area contributed by atoms with E-state index in [9.17, 15) is 31.7 Å². The van der Waals surface area contributed by atoms with E-state index in [0.29, 0.717) is 0 Å². The third kappa shape index (κ3) is 3.17. The van der Waals surface area contributed by atoms with Gasteiger partial charge in [-0.15, -0.1) is 0 Å². The van der Waals surface area contributed by atoms with Crippen molar-refractivity contribution in [2.75, 3.05) is 0 Å². The molecule has 1 unspecified atom stereocenters. The highest BCUT2D eigenvalue weighted by molar-refractivity contribution is 7.87. The van der Waals surface area contributed by atoms with Gasteiger partial charge in [-0.2, -0.15) is 25.8 Å². The molecule has 0 bridgehead atoms. The Labute approximate surface area is 99.3 Å². The fourth-order valence-electron chi connectivity index (χ4n) is 1.00. The first-order chi connectivity index (χ1) is 8.15. The molecular formula is C8H6F3NO5S. The fourth-order valence-corrected chi connectivity index (χ4v) is 1.54. The summed E-state index contributed by atoms with van der Waals surface area (Å²) in [4.78, 5) is 9.29. The average molecular weight is 285 g/mol. The van der Waals surface area contributed by atoms with Crippen LogP contribution < -0.4 is 0 Å². The molecule has 18 heavy (non-hydrogen) atoms. The molecule has 10 heteroatoms. The summed E-state index contributed by atoms with van der Waals surface area (Å²) >= 11 is 0. The van der Waals surface area contributed by atoms with E-state index in [-0.39, 0.29) is 5.56 Å². The number of rotatable bonds is 4. The van der Waals surface area contributed by atoms with E-state index >= 15 is 0 Å². The minimum absolute atomic E-state index is 0.310. The van der Waals surface area contributed by atoms with Crippen LogP contribution in [0.5, 0.6) is 0 Å². The van der Waals surface area contributed by atoms with E-state index in [1.165, 1.54) is 18.2 Å². The molecule has 1 rings (SSSR count). The molecule has 0 aliphatic carbocycles. The predicted molar refractivity (Wildman–Crippen MR) is 52.2 cm³/mol. The lowest BCUT2D eigenvalue weighted by atomic mass is 10.2. The van der Waals surface area contributed by atoms with Crippen LogP contribution in [0, 0.1) is 10.1 Å². The molecule has 1 aromatic carbocycles. The Morgan fingerprint density at radius 3 is 2.11 bits per heavy atom. The molecular weight excluding hydrogens is 279 g/mol. The lowest BCUT2D eigenvalue weighted by molar-refractivity contribution is -0.570. The second kappa shape index (κ2) is 4.90. The van der Waals surface area contributed by atoms with E-state index < -0.39 is 26.8 Å². The van der Waals surface area contributed by atoms with Crippen LogP contribution in [0.25, 0.3) is 0 Å². The maximum atomic E-state index is 12.0. The van der Waals surface area contributed by atoms with E-state index in [0.717, 1.165) is 12.1 Å². The van der Waals surface area contributed by atoms with Gasteiger partial charge in [0.2, 0.25) is 0 Å². The van der Waals surface area contributed by atoms with Crippen molar-refractivity contribution in [3.05, 3.63) is 46.0 Å². The maximum absolute atomic E-state index is 12.0. The second-order valence-electron chi connectivity index (χ2n) is 3.04. The van der Waals surface area contributed by atoms with Crippen molar-refractivity contribution in [2.45, 2.75) is 11.7 Å². The lowest BCUT2D eigenvalue weighted by Crippen LogP contribution is -2.29. The second-order valence-corrected chi connectivity index (χ2v) is 4.61. The summed E-state index contributed by atoms with van der Waals surface area (Å²) < 4.78 is 61.1. The quantitative estimate of drug-likeness (QED) is 0.277. The average Bonchev–Trinajstić information content (AvgIpc) is 2.25. The van der Waals surface area contributed by atoms with E-state index in [2.05, 4.69) is 4.18 Å². The molecule has 0 saturated heterocycles. The van der Waals surface area contributed by atoms with Crippen molar-refractivity contribution >= 4 is 10.1 Å². The highest BCUT2D eigenvalue weighted by Gasteiger charge is 2.51. The molecule has 0 fully saturated rings. The van der Waals surface area contributed by atoms with E-state index in [1.54, 1.807) is 0 Å². The molecule has 0 N–H and O–H groups in total. The van der Waals surface area contributed by atoms with Crippen LogP contribution in [0.1, 0.15) is 11.8 Å². The molecule has 100 valence electrons. The Kier molecular flexibility index (Phi) is 3.92. The Hall–Kier alpha value is -1.68. The molecule has 0 saturated carbocycles. The highest BCUT2D eigenvalue weighted by atomic mass is 32.2. The smallest absolute Gasteiger partial charge is 0.261 e. The van der Waals surface area contributed by atoms with Crippen molar-refractivity contribution in [2.24, 2.45) is 0 Å². The van der Waals surface area contributed by atoms with E-state index in [1.807, 2.05) is 0 Å². The Bertz CT molecular complexity index is 527. The zero-order valence-electron chi connectivity index (χ0n) is 8.49. The molecule has 6 nitrogen and oxygen atoms in total. The minimum Gasteiger partial charge on any atom is -0.261 e. The number of hydrogen-bond acceptors (Lipinski definition) is 5. The summed E-state index contributed by atoms with van der Waals surface area (Å²) in [6.45, 7) is 0. The molecule has 0 aromatic heterocycles. The van der Waals surface area contributed by atoms with Crippen molar-refractivity contribution in [1.82, 2.24) is 0 Å². The Morgan fingerprint density at radius 1 is 1.22 bits per heavy atom. The molecule has 0 heterocycles. The van der Waals surface area contributed by atoms with Gasteiger partial charge in [0, 0.05) is 0 Å². The number of halogens is 3. The Balaban J connectivity index is 3.08. The third-order valence-corrected chi connectivity index (χ3v) is 2.78. The number of alkyl halides is 3. The molecule has 1 aromatic rings. The number of benzene rings is 1. The van der Waals surface area contributed by atoms with Gasteiger partial charge in [0.1, 0.15) is 0 Å². The zero-order valence-corrected chi connectivity index (χ0v) is 9.31. The van der Waals surface area contributed by atoms with Gasteiger partial charge in [-0.1, -0.05) is 18.2 Å². The van der Waals surface area contributed by atoms with Crippen molar-refractivity contribution < 1.29 is 30.7 Å². The van der Waals surface area contributed by atoms with Crippen LogP contribution in [0.3, 0.4) is 0 Å². The lowest BCUT2D eigenvalue weighted by Gasteiger charge is -2.12. The maximum Gasteiger partial charge on any atom is 0.523 e. The van der Waals surface area contributed by atoms with Gasteiger partial charge in [-0.3, -0.25) is 10.1 Å². The molecule has 0 aliphatic heterocycles. The number of nitrogens with zero attached hydrogens (tertiary/aromatic N) is 1. The minimum atomic E-state index is -6.03. The normalized spacial score (nSPS) is 14.2. The van der Waals surface area contributed by atoms with Gasteiger partial charge in [-0.05, 0) is 12.1 Å². The van der Waals surface area contributed by atoms with Gasteiger partial charge < -0.3 is 0 Å². The first-order valence-corrected chi connectivity index (χ1v) is 5.74. The first kappa shape index (κ1) is 14.4. The van der Waals surface area contributed by atoms with Crippen molar-refractivity contribution in [3.8, 4) is 0 Å². The van der Waals surface area contributed by atoms with Crippen molar-refractivity contribution in [1.29, 1.82) is 0 Å². The first-order valence-electron chi connectivity index (χ1n) is 4.33. The summed E-state index contributed by atoms with van der Waals surface area (Å²) in [5.41, 5.74) is -6.02. The van der Waals surface area contributed by atoms with Crippen LogP contribution in [-0.2, 0) is 14.3 Å². The number of nitro groups is 1. The van der Waals surface area contributed by atoms with Crippen LogP contribution in [0.2, 0.25) is 0 Å².